The van der Waals surface area contributed by atoms with Crippen molar-refractivity contribution in [2.24, 2.45) is 0 Å². The van der Waals surface area contributed by atoms with Gasteiger partial charge >= 0.3 is 5.97 Å². The van der Waals surface area contributed by atoms with E-state index >= 15 is 0 Å². The maximum Gasteiger partial charge on any atom is 0.326 e. The number of morpholine rings is 1. The van der Waals surface area contributed by atoms with E-state index in [1.807, 2.05) is 6.92 Å². The van der Waals surface area contributed by atoms with Crippen molar-refractivity contribution in [1.82, 2.24) is 4.90 Å². The van der Waals surface area contributed by atoms with Crippen LogP contribution in [-0.2, 0) is 20.7 Å². The number of halogens is 4. The van der Waals surface area contributed by atoms with Crippen molar-refractivity contribution in [2.45, 2.75) is 50.5 Å². The van der Waals surface area contributed by atoms with Gasteiger partial charge in [0.25, 0.3) is 5.91 Å². The second-order valence-electron chi connectivity index (χ2n) is 8.93. The first-order valence-electron chi connectivity index (χ1n) is 11.8. The number of aliphatic carboxylic acids is 1. The molecule has 1 amide bonds. The number of amides is 1. The Kier molecular flexibility index (Phi) is 8.75. The second kappa shape index (κ2) is 11.8. The fraction of sp³-hybridized carbons (Fsp3) is 0.286. The quantitative estimate of drug-likeness (QED) is 0.312. The highest BCUT2D eigenvalue weighted by Crippen LogP contribution is 2.45. The molecular formula is C28H25Cl3FNO4. The molecule has 0 spiro atoms. The Hall–Kier alpha value is -2.64. The minimum absolute atomic E-state index is 0.138. The summed E-state index contributed by atoms with van der Waals surface area (Å²) in [5, 5.41) is 11.4. The molecule has 1 saturated heterocycles. The van der Waals surface area contributed by atoms with Crippen LogP contribution < -0.4 is 0 Å². The Morgan fingerprint density at radius 3 is 2.24 bits per heavy atom. The normalized spacial score (nSPS) is 20.6. The molecule has 0 bridgehead atoms. The Bertz CT molecular complexity index is 1270. The summed E-state index contributed by atoms with van der Waals surface area (Å²) in [7, 11) is 0. The number of carboxylic acid groups (broad SMARTS) is 1. The van der Waals surface area contributed by atoms with Gasteiger partial charge in [-0.1, -0.05) is 78.5 Å². The largest absolute Gasteiger partial charge is 0.480 e. The average molecular weight is 565 g/mol. The molecule has 1 heterocycles. The maximum absolute atomic E-state index is 14.0. The molecule has 1 N–H and O–H groups in total. The van der Waals surface area contributed by atoms with Crippen LogP contribution in [0.5, 0.6) is 0 Å². The average Bonchev–Trinajstić information content (AvgIpc) is 2.87. The molecule has 37 heavy (non-hydrogen) atoms. The van der Waals surface area contributed by atoms with E-state index in [0.717, 1.165) is 0 Å². The summed E-state index contributed by atoms with van der Waals surface area (Å²) in [6, 6.07) is 15.8. The lowest BCUT2D eigenvalue weighted by Gasteiger charge is -2.47. The summed E-state index contributed by atoms with van der Waals surface area (Å²) in [5.41, 5.74) is 1.98. The summed E-state index contributed by atoms with van der Waals surface area (Å²) >= 11 is 18.6. The number of hydrogen-bond donors (Lipinski definition) is 1. The van der Waals surface area contributed by atoms with E-state index < -0.39 is 42.0 Å². The van der Waals surface area contributed by atoms with Gasteiger partial charge in [-0.2, -0.15) is 0 Å². The molecule has 194 valence electrons. The SMILES string of the molecule is CCC[C@H](C(=O)O)N1C(=O)[C@H](Cc2ccc(F)cc2)O[C@@H](c2ccc(Cl)c(Cl)c2)[C@H]1c1ccc(Cl)cc1. The molecular weight excluding hydrogens is 540 g/mol. The predicted molar refractivity (Wildman–Crippen MR) is 142 cm³/mol. The zero-order valence-corrected chi connectivity index (χ0v) is 22.2. The third-order valence-electron chi connectivity index (χ3n) is 6.43. The number of carbonyl (C=O) groups is 2. The summed E-state index contributed by atoms with van der Waals surface area (Å²) in [5.74, 6) is -1.96. The van der Waals surface area contributed by atoms with Gasteiger partial charge in [-0.25, -0.2) is 9.18 Å². The molecule has 1 aliphatic rings. The molecule has 1 aliphatic heterocycles. The highest BCUT2D eigenvalue weighted by molar-refractivity contribution is 6.42. The van der Waals surface area contributed by atoms with E-state index in [2.05, 4.69) is 0 Å². The molecule has 9 heteroatoms. The standard InChI is InChI=1S/C28H25Cl3FNO4/c1-2-3-23(28(35)36)33-25(17-6-9-19(29)10-7-17)26(18-8-13-21(30)22(31)15-18)37-24(27(33)34)14-16-4-11-20(32)12-5-16/h4-13,15,23-26H,2-3,14H2,1H3,(H,35,36)/t23-,24+,25-,26+/m1/s1. The second-order valence-corrected chi connectivity index (χ2v) is 10.2. The van der Waals surface area contributed by atoms with E-state index in [4.69, 9.17) is 39.5 Å². The van der Waals surface area contributed by atoms with Crippen LogP contribution in [0.4, 0.5) is 4.39 Å². The fourth-order valence-electron chi connectivity index (χ4n) is 4.68. The predicted octanol–water partition coefficient (Wildman–Crippen LogP) is 7.29. The number of hydrogen-bond acceptors (Lipinski definition) is 3. The van der Waals surface area contributed by atoms with Gasteiger partial charge in [0.05, 0.1) is 16.1 Å². The van der Waals surface area contributed by atoms with Crippen LogP contribution in [0.25, 0.3) is 0 Å². The van der Waals surface area contributed by atoms with Gasteiger partial charge in [-0.05, 0) is 59.5 Å². The van der Waals surface area contributed by atoms with E-state index in [1.165, 1.54) is 17.0 Å². The van der Waals surface area contributed by atoms with Gasteiger partial charge in [0.15, 0.2) is 0 Å². The first kappa shape index (κ1) is 27.4. The lowest BCUT2D eigenvalue weighted by Crippen LogP contribution is -2.57. The molecule has 0 aromatic heterocycles. The molecule has 5 nitrogen and oxygen atoms in total. The minimum atomic E-state index is -1.11. The molecule has 3 aromatic rings. The lowest BCUT2D eigenvalue weighted by atomic mass is 9.88. The van der Waals surface area contributed by atoms with Crippen molar-refractivity contribution in [3.8, 4) is 0 Å². The molecule has 0 unspecified atom stereocenters. The Morgan fingerprint density at radius 2 is 1.65 bits per heavy atom. The number of nitrogens with zero attached hydrogens (tertiary/aromatic N) is 1. The molecule has 4 rings (SSSR count). The summed E-state index contributed by atoms with van der Waals surface area (Å²) in [6.07, 6.45) is -0.832. The number of carbonyl (C=O) groups excluding carboxylic acids is 1. The van der Waals surface area contributed by atoms with Gasteiger partial charge in [0.2, 0.25) is 0 Å². The monoisotopic (exact) mass is 563 g/mol. The van der Waals surface area contributed by atoms with Crippen LogP contribution in [0.3, 0.4) is 0 Å². The fourth-order valence-corrected chi connectivity index (χ4v) is 5.11. The third kappa shape index (κ3) is 6.10. The first-order chi connectivity index (χ1) is 17.7. The van der Waals surface area contributed by atoms with Crippen LogP contribution >= 0.6 is 34.8 Å². The van der Waals surface area contributed by atoms with Crippen LogP contribution in [0, 0.1) is 5.82 Å². The smallest absolute Gasteiger partial charge is 0.326 e. The van der Waals surface area contributed by atoms with Crippen LogP contribution in [0.1, 0.15) is 48.6 Å². The first-order valence-corrected chi connectivity index (χ1v) is 13.0. The molecule has 0 radical (unpaired) electrons. The minimum Gasteiger partial charge on any atom is -0.480 e. The van der Waals surface area contributed by atoms with Crippen molar-refractivity contribution < 1.29 is 23.8 Å². The zero-order valence-electron chi connectivity index (χ0n) is 19.9. The van der Waals surface area contributed by atoms with Crippen molar-refractivity contribution in [1.29, 1.82) is 0 Å². The van der Waals surface area contributed by atoms with Gasteiger partial charge in [0.1, 0.15) is 24.1 Å². The van der Waals surface area contributed by atoms with Gasteiger partial charge < -0.3 is 14.7 Å². The summed E-state index contributed by atoms with van der Waals surface area (Å²) < 4.78 is 19.9. The van der Waals surface area contributed by atoms with Crippen LogP contribution in [0.15, 0.2) is 66.7 Å². The van der Waals surface area contributed by atoms with Crippen molar-refractivity contribution in [3.05, 3.63) is 104 Å². The van der Waals surface area contributed by atoms with Crippen molar-refractivity contribution >= 4 is 46.7 Å². The van der Waals surface area contributed by atoms with E-state index in [0.29, 0.717) is 38.2 Å². The van der Waals surface area contributed by atoms with E-state index in [1.54, 1.807) is 54.6 Å². The molecule has 1 fully saturated rings. The third-order valence-corrected chi connectivity index (χ3v) is 7.42. The highest BCUT2D eigenvalue weighted by Gasteiger charge is 2.48. The molecule has 0 saturated carbocycles. The van der Waals surface area contributed by atoms with Crippen molar-refractivity contribution in [2.75, 3.05) is 0 Å². The molecule has 4 atom stereocenters. The van der Waals surface area contributed by atoms with Crippen molar-refractivity contribution in [3.63, 3.8) is 0 Å². The molecule has 3 aromatic carbocycles. The lowest BCUT2D eigenvalue weighted by molar-refractivity contribution is -0.184. The number of ether oxygens (including phenoxy) is 1. The maximum atomic E-state index is 14.0. The van der Waals surface area contributed by atoms with E-state index in [-0.39, 0.29) is 12.8 Å². The van der Waals surface area contributed by atoms with Crippen LogP contribution in [0.2, 0.25) is 15.1 Å². The summed E-state index contributed by atoms with van der Waals surface area (Å²) in [6.45, 7) is 1.87. The van der Waals surface area contributed by atoms with Gasteiger partial charge in [-0.3, -0.25) is 4.79 Å². The Morgan fingerprint density at radius 1 is 1.00 bits per heavy atom. The Balaban J connectivity index is 1.87. The summed E-state index contributed by atoms with van der Waals surface area (Å²) in [4.78, 5) is 27.8. The Labute approximate surface area is 229 Å². The van der Waals surface area contributed by atoms with Gasteiger partial charge in [0, 0.05) is 11.4 Å². The topological polar surface area (TPSA) is 66.8 Å². The van der Waals surface area contributed by atoms with Crippen LogP contribution in [-0.4, -0.2) is 34.0 Å². The highest BCUT2D eigenvalue weighted by atomic mass is 35.5. The van der Waals surface area contributed by atoms with E-state index in [9.17, 15) is 19.1 Å². The number of rotatable bonds is 8. The van der Waals surface area contributed by atoms with Gasteiger partial charge in [-0.15, -0.1) is 0 Å². The molecule has 0 aliphatic carbocycles. The number of carboxylic acids is 1. The number of benzene rings is 3. The zero-order chi connectivity index (χ0) is 26.7.